The van der Waals surface area contributed by atoms with Gasteiger partial charge < -0.3 is 14.6 Å². The van der Waals surface area contributed by atoms with Crippen LogP contribution < -0.4 is 0 Å². The van der Waals surface area contributed by atoms with Gasteiger partial charge in [0.1, 0.15) is 5.60 Å². The molecule has 0 radical (unpaired) electrons. The van der Waals surface area contributed by atoms with Crippen molar-refractivity contribution < 1.29 is 19.4 Å². The highest BCUT2D eigenvalue weighted by Gasteiger charge is 2.53. The van der Waals surface area contributed by atoms with Crippen molar-refractivity contribution in [2.45, 2.75) is 39.2 Å². The number of carbonyl (C=O) groups is 1. The highest BCUT2D eigenvalue weighted by atomic mass is 16.5. The van der Waals surface area contributed by atoms with E-state index in [1.165, 1.54) is 0 Å². The van der Waals surface area contributed by atoms with E-state index in [0.29, 0.717) is 6.61 Å². The van der Waals surface area contributed by atoms with Gasteiger partial charge in [0.15, 0.2) is 0 Å². The molecule has 0 spiro atoms. The van der Waals surface area contributed by atoms with Crippen molar-refractivity contribution in [2.24, 2.45) is 17.8 Å². The SMILES string of the molecule is CCOC(=O)C(C(C)C)C(O)(COC)C1CC1. The van der Waals surface area contributed by atoms with Crippen molar-refractivity contribution in [2.75, 3.05) is 20.3 Å². The van der Waals surface area contributed by atoms with Gasteiger partial charge in [-0.2, -0.15) is 0 Å². The highest BCUT2D eigenvalue weighted by molar-refractivity contribution is 5.74. The van der Waals surface area contributed by atoms with Gasteiger partial charge in [0, 0.05) is 7.11 Å². The first-order chi connectivity index (χ1) is 7.97. The number of ether oxygens (including phenoxy) is 2. The van der Waals surface area contributed by atoms with Crippen molar-refractivity contribution in [1.82, 2.24) is 0 Å². The zero-order valence-electron chi connectivity index (χ0n) is 11.2. The lowest BCUT2D eigenvalue weighted by atomic mass is 9.77. The summed E-state index contributed by atoms with van der Waals surface area (Å²) in [5.74, 6) is -0.613. The predicted molar refractivity (Wildman–Crippen MR) is 64.5 cm³/mol. The molecule has 0 aliphatic heterocycles. The van der Waals surface area contributed by atoms with E-state index >= 15 is 0 Å². The Kier molecular flexibility index (Phi) is 4.95. The Morgan fingerprint density at radius 3 is 2.41 bits per heavy atom. The van der Waals surface area contributed by atoms with E-state index in [1.54, 1.807) is 14.0 Å². The summed E-state index contributed by atoms with van der Waals surface area (Å²) in [5.41, 5.74) is -1.07. The molecule has 1 N–H and O–H groups in total. The molecule has 1 aliphatic carbocycles. The largest absolute Gasteiger partial charge is 0.466 e. The highest BCUT2D eigenvalue weighted by Crippen LogP contribution is 2.46. The lowest BCUT2D eigenvalue weighted by Gasteiger charge is -2.36. The third kappa shape index (κ3) is 3.19. The van der Waals surface area contributed by atoms with Crippen molar-refractivity contribution in [3.05, 3.63) is 0 Å². The fourth-order valence-corrected chi connectivity index (χ4v) is 2.56. The third-order valence-corrected chi connectivity index (χ3v) is 3.41. The van der Waals surface area contributed by atoms with E-state index in [4.69, 9.17) is 9.47 Å². The Bertz CT molecular complexity index is 260. The first-order valence-electron chi connectivity index (χ1n) is 6.35. The molecule has 0 saturated heterocycles. The van der Waals surface area contributed by atoms with Crippen LogP contribution in [0.5, 0.6) is 0 Å². The molecule has 100 valence electrons. The van der Waals surface area contributed by atoms with Crippen LogP contribution in [0.1, 0.15) is 33.6 Å². The molecule has 0 bridgehead atoms. The van der Waals surface area contributed by atoms with Crippen LogP contribution in [0.4, 0.5) is 0 Å². The first kappa shape index (κ1) is 14.5. The zero-order chi connectivity index (χ0) is 13.1. The van der Waals surface area contributed by atoms with E-state index in [0.717, 1.165) is 12.8 Å². The fourth-order valence-electron chi connectivity index (χ4n) is 2.56. The number of hydrogen-bond acceptors (Lipinski definition) is 4. The van der Waals surface area contributed by atoms with Crippen LogP contribution >= 0.6 is 0 Å². The molecule has 4 nitrogen and oxygen atoms in total. The summed E-state index contributed by atoms with van der Waals surface area (Å²) in [7, 11) is 1.55. The average molecular weight is 244 g/mol. The molecule has 2 unspecified atom stereocenters. The summed E-state index contributed by atoms with van der Waals surface area (Å²) >= 11 is 0. The molecule has 2 atom stereocenters. The first-order valence-corrected chi connectivity index (χ1v) is 6.35. The quantitative estimate of drug-likeness (QED) is 0.691. The van der Waals surface area contributed by atoms with Crippen LogP contribution in [0.3, 0.4) is 0 Å². The van der Waals surface area contributed by atoms with Crippen molar-refractivity contribution in [3.8, 4) is 0 Å². The number of aliphatic hydroxyl groups is 1. The molecule has 1 saturated carbocycles. The van der Waals surface area contributed by atoms with Gasteiger partial charge in [-0.05, 0) is 31.6 Å². The molecule has 0 heterocycles. The number of esters is 1. The third-order valence-electron chi connectivity index (χ3n) is 3.41. The van der Waals surface area contributed by atoms with Gasteiger partial charge in [0.25, 0.3) is 0 Å². The maximum absolute atomic E-state index is 12.0. The maximum atomic E-state index is 12.0. The second-order valence-corrected chi connectivity index (χ2v) is 5.17. The molecule has 0 aromatic carbocycles. The lowest BCUT2D eigenvalue weighted by Crippen LogP contribution is -2.51. The normalized spacial score (nSPS) is 21.1. The van der Waals surface area contributed by atoms with Gasteiger partial charge in [0.2, 0.25) is 0 Å². The second-order valence-electron chi connectivity index (χ2n) is 5.17. The van der Waals surface area contributed by atoms with Crippen LogP contribution in [0, 0.1) is 17.8 Å². The molecule has 17 heavy (non-hydrogen) atoms. The second kappa shape index (κ2) is 5.83. The number of methoxy groups -OCH3 is 1. The average Bonchev–Trinajstić information content (AvgIpc) is 3.00. The van der Waals surface area contributed by atoms with Gasteiger partial charge in [0.05, 0.1) is 19.1 Å². The molecule has 0 amide bonds. The van der Waals surface area contributed by atoms with Crippen LogP contribution in [0.25, 0.3) is 0 Å². The summed E-state index contributed by atoms with van der Waals surface area (Å²) in [6, 6.07) is 0. The molecule has 0 aromatic rings. The van der Waals surface area contributed by atoms with E-state index in [1.807, 2.05) is 13.8 Å². The molecular weight excluding hydrogens is 220 g/mol. The minimum absolute atomic E-state index is 0.0369. The van der Waals surface area contributed by atoms with Crippen molar-refractivity contribution >= 4 is 5.97 Å². The van der Waals surface area contributed by atoms with E-state index < -0.39 is 11.5 Å². The smallest absolute Gasteiger partial charge is 0.312 e. The maximum Gasteiger partial charge on any atom is 0.312 e. The molecule has 1 fully saturated rings. The standard InChI is InChI=1S/C13H24O4/c1-5-17-12(14)11(9(2)3)13(15,8-16-4)10-6-7-10/h9-11,15H,5-8H2,1-4H3. The molecule has 0 aromatic heterocycles. The number of carbonyl (C=O) groups excluding carboxylic acids is 1. The topological polar surface area (TPSA) is 55.8 Å². The van der Waals surface area contributed by atoms with Gasteiger partial charge in [-0.3, -0.25) is 4.79 Å². The minimum atomic E-state index is -1.07. The Balaban J connectivity index is 2.88. The number of hydrogen-bond donors (Lipinski definition) is 1. The summed E-state index contributed by atoms with van der Waals surface area (Å²) in [4.78, 5) is 12.0. The van der Waals surface area contributed by atoms with E-state index in [-0.39, 0.29) is 24.4 Å². The zero-order valence-corrected chi connectivity index (χ0v) is 11.2. The van der Waals surface area contributed by atoms with E-state index in [2.05, 4.69) is 0 Å². The molecular formula is C13H24O4. The van der Waals surface area contributed by atoms with Crippen LogP contribution in [0.2, 0.25) is 0 Å². The summed E-state index contributed by atoms with van der Waals surface area (Å²) in [6.45, 7) is 6.19. The summed E-state index contributed by atoms with van der Waals surface area (Å²) in [6.07, 6.45) is 1.92. The minimum Gasteiger partial charge on any atom is -0.466 e. The van der Waals surface area contributed by atoms with Gasteiger partial charge in [-0.15, -0.1) is 0 Å². The van der Waals surface area contributed by atoms with Crippen LogP contribution in [-0.4, -0.2) is 37.0 Å². The molecule has 4 heteroatoms. The Labute approximate surface area is 103 Å². The summed E-state index contributed by atoms with van der Waals surface area (Å²) in [5, 5.41) is 10.8. The predicted octanol–water partition coefficient (Wildman–Crippen LogP) is 1.61. The Hall–Kier alpha value is -0.610. The molecule has 1 rings (SSSR count). The van der Waals surface area contributed by atoms with Crippen molar-refractivity contribution in [3.63, 3.8) is 0 Å². The van der Waals surface area contributed by atoms with Gasteiger partial charge in [-0.1, -0.05) is 13.8 Å². The fraction of sp³-hybridized carbons (Fsp3) is 0.923. The molecule has 1 aliphatic rings. The van der Waals surface area contributed by atoms with Crippen LogP contribution in [0.15, 0.2) is 0 Å². The Morgan fingerprint density at radius 1 is 1.47 bits per heavy atom. The van der Waals surface area contributed by atoms with Gasteiger partial charge in [-0.25, -0.2) is 0 Å². The number of rotatable bonds is 7. The lowest BCUT2D eigenvalue weighted by molar-refractivity contribution is -0.170. The summed E-state index contributed by atoms with van der Waals surface area (Å²) < 4.78 is 10.2. The van der Waals surface area contributed by atoms with Crippen molar-refractivity contribution in [1.29, 1.82) is 0 Å². The van der Waals surface area contributed by atoms with Crippen LogP contribution in [-0.2, 0) is 14.3 Å². The van der Waals surface area contributed by atoms with Gasteiger partial charge >= 0.3 is 5.97 Å². The van der Waals surface area contributed by atoms with E-state index in [9.17, 15) is 9.90 Å². The Morgan fingerprint density at radius 2 is 2.06 bits per heavy atom. The monoisotopic (exact) mass is 244 g/mol.